The molecule has 112 valence electrons. The SMILES string of the molecule is C[C@@H]1CCN(CCCN2CCS[C@@H](C)CC2)CCS1. The molecule has 0 aromatic carbocycles. The molecule has 0 unspecified atom stereocenters. The van der Waals surface area contributed by atoms with Crippen molar-refractivity contribution in [3.05, 3.63) is 0 Å². The molecular weight excluding hydrogens is 272 g/mol. The highest BCUT2D eigenvalue weighted by Crippen LogP contribution is 2.20. The van der Waals surface area contributed by atoms with Gasteiger partial charge in [-0.15, -0.1) is 0 Å². The van der Waals surface area contributed by atoms with Gasteiger partial charge in [-0.1, -0.05) is 13.8 Å². The zero-order chi connectivity index (χ0) is 13.5. The van der Waals surface area contributed by atoms with Crippen molar-refractivity contribution in [2.24, 2.45) is 0 Å². The second kappa shape index (κ2) is 8.81. The molecule has 2 rings (SSSR count). The van der Waals surface area contributed by atoms with E-state index in [9.17, 15) is 0 Å². The van der Waals surface area contributed by atoms with E-state index in [1.807, 2.05) is 0 Å². The first-order valence-electron chi connectivity index (χ1n) is 7.92. The van der Waals surface area contributed by atoms with Crippen molar-refractivity contribution in [1.82, 2.24) is 9.80 Å². The molecular formula is C15H30N2S2. The van der Waals surface area contributed by atoms with Gasteiger partial charge in [0.2, 0.25) is 0 Å². The van der Waals surface area contributed by atoms with Crippen LogP contribution in [-0.4, -0.2) is 71.1 Å². The van der Waals surface area contributed by atoms with Crippen LogP contribution < -0.4 is 0 Å². The Balaban J connectivity index is 1.60. The lowest BCUT2D eigenvalue weighted by molar-refractivity contribution is 0.241. The lowest BCUT2D eigenvalue weighted by atomic mass is 10.2. The molecule has 2 fully saturated rings. The fraction of sp³-hybridized carbons (Fsp3) is 1.00. The Kier molecular flexibility index (Phi) is 7.42. The first-order chi connectivity index (χ1) is 9.24. The quantitative estimate of drug-likeness (QED) is 0.787. The molecule has 2 aliphatic heterocycles. The predicted octanol–water partition coefficient (Wildman–Crippen LogP) is 3.03. The summed E-state index contributed by atoms with van der Waals surface area (Å²) >= 11 is 4.30. The average molecular weight is 303 g/mol. The molecule has 4 heteroatoms. The zero-order valence-electron chi connectivity index (χ0n) is 12.6. The molecule has 2 nitrogen and oxygen atoms in total. The summed E-state index contributed by atoms with van der Waals surface area (Å²) in [5, 5.41) is 1.74. The van der Waals surface area contributed by atoms with Crippen molar-refractivity contribution >= 4 is 23.5 Å². The van der Waals surface area contributed by atoms with E-state index in [-0.39, 0.29) is 0 Å². The summed E-state index contributed by atoms with van der Waals surface area (Å²) in [7, 11) is 0. The molecule has 0 N–H and O–H groups in total. The fourth-order valence-corrected chi connectivity index (χ4v) is 4.93. The Bertz CT molecular complexity index is 226. The molecule has 0 aromatic heterocycles. The van der Waals surface area contributed by atoms with Gasteiger partial charge >= 0.3 is 0 Å². The predicted molar refractivity (Wildman–Crippen MR) is 90.6 cm³/mol. The van der Waals surface area contributed by atoms with Crippen LogP contribution in [0.3, 0.4) is 0 Å². The Hall–Kier alpha value is 0.620. The standard InChI is InChI=1S/C15H30N2S2/c1-14-4-8-16(10-12-18-14)6-3-7-17-9-5-15(2)19-13-11-17/h14-15H,3-13H2,1-2H3/t14-,15+. The van der Waals surface area contributed by atoms with E-state index in [1.54, 1.807) is 0 Å². The van der Waals surface area contributed by atoms with E-state index in [4.69, 9.17) is 0 Å². The third kappa shape index (κ3) is 6.28. The molecule has 2 atom stereocenters. The third-order valence-electron chi connectivity index (χ3n) is 4.27. The molecule has 2 aliphatic rings. The van der Waals surface area contributed by atoms with Crippen LogP contribution in [-0.2, 0) is 0 Å². The summed E-state index contributed by atoms with van der Waals surface area (Å²) in [6.07, 6.45) is 4.11. The van der Waals surface area contributed by atoms with Gasteiger partial charge in [0.25, 0.3) is 0 Å². The Morgan fingerprint density at radius 1 is 0.789 bits per heavy atom. The van der Waals surface area contributed by atoms with Crippen molar-refractivity contribution < 1.29 is 0 Å². The first kappa shape index (κ1) is 16.0. The van der Waals surface area contributed by atoms with E-state index < -0.39 is 0 Å². The molecule has 2 saturated heterocycles. The molecule has 0 bridgehead atoms. The monoisotopic (exact) mass is 302 g/mol. The van der Waals surface area contributed by atoms with Crippen molar-refractivity contribution in [1.29, 1.82) is 0 Å². The van der Waals surface area contributed by atoms with E-state index >= 15 is 0 Å². The lowest BCUT2D eigenvalue weighted by Gasteiger charge is -2.23. The summed E-state index contributed by atoms with van der Waals surface area (Å²) in [6, 6.07) is 0. The number of nitrogens with zero attached hydrogens (tertiary/aromatic N) is 2. The molecule has 0 aliphatic carbocycles. The van der Waals surface area contributed by atoms with Crippen LogP contribution in [0.15, 0.2) is 0 Å². The number of thioether (sulfide) groups is 2. The van der Waals surface area contributed by atoms with Gasteiger partial charge in [-0.05, 0) is 45.4 Å². The van der Waals surface area contributed by atoms with Gasteiger partial charge in [0.15, 0.2) is 0 Å². The van der Waals surface area contributed by atoms with E-state index in [0.29, 0.717) is 0 Å². The summed E-state index contributed by atoms with van der Waals surface area (Å²) in [6.45, 7) is 12.6. The fourth-order valence-electron chi connectivity index (χ4n) is 2.85. The van der Waals surface area contributed by atoms with Crippen LogP contribution in [0.25, 0.3) is 0 Å². The van der Waals surface area contributed by atoms with Crippen molar-refractivity contribution in [2.45, 2.75) is 43.6 Å². The Labute approximate surface area is 128 Å². The largest absolute Gasteiger partial charge is 0.302 e. The van der Waals surface area contributed by atoms with Crippen LogP contribution >= 0.6 is 23.5 Å². The summed E-state index contributed by atoms with van der Waals surface area (Å²) in [5.41, 5.74) is 0. The minimum Gasteiger partial charge on any atom is -0.302 e. The second-order valence-corrected chi connectivity index (χ2v) is 9.07. The summed E-state index contributed by atoms with van der Waals surface area (Å²) in [4.78, 5) is 5.37. The number of hydrogen-bond donors (Lipinski definition) is 0. The molecule has 0 amide bonds. The van der Waals surface area contributed by atoms with Crippen LogP contribution in [0.5, 0.6) is 0 Å². The maximum absolute atomic E-state index is 2.69. The van der Waals surface area contributed by atoms with Crippen LogP contribution in [0.2, 0.25) is 0 Å². The van der Waals surface area contributed by atoms with Gasteiger partial charge in [0.05, 0.1) is 0 Å². The van der Waals surface area contributed by atoms with Crippen molar-refractivity contribution in [3.8, 4) is 0 Å². The Morgan fingerprint density at radius 2 is 1.26 bits per heavy atom. The molecule has 19 heavy (non-hydrogen) atoms. The van der Waals surface area contributed by atoms with Crippen LogP contribution in [0.4, 0.5) is 0 Å². The van der Waals surface area contributed by atoms with Crippen molar-refractivity contribution in [3.63, 3.8) is 0 Å². The zero-order valence-corrected chi connectivity index (χ0v) is 14.3. The highest BCUT2D eigenvalue weighted by molar-refractivity contribution is 8.00. The number of rotatable bonds is 4. The Morgan fingerprint density at radius 3 is 1.74 bits per heavy atom. The highest BCUT2D eigenvalue weighted by atomic mass is 32.2. The molecule has 0 aromatic rings. The normalized spacial score (nSPS) is 31.9. The summed E-state index contributed by atoms with van der Waals surface area (Å²) < 4.78 is 0. The van der Waals surface area contributed by atoms with Gasteiger partial charge < -0.3 is 9.80 Å². The minimum atomic E-state index is 0.870. The van der Waals surface area contributed by atoms with E-state index in [2.05, 4.69) is 47.2 Å². The van der Waals surface area contributed by atoms with E-state index in [0.717, 1.165) is 10.5 Å². The van der Waals surface area contributed by atoms with E-state index in [1.165, 1.54) is 70.0 Å². The van der Waals surface area contributed by atoms with Crippen LogP contribution in [0, 0.1) is 0 Å². The third-order valence-corrected chi connectivity index (χ3v) is 6.72. The highest BCUT2D eigenvalue weighted by Gasteiger charge is 2.16. The smallest absolute Gasteiger partial charge is 0.00725 e. The van der Waals surface area contributed by atoms with Gasteiger partial charge in [0, 0.05) is 35.1 Å². The van der Waals surface area contributed by atoms with Crippen molar-refractivity contribution in [2.75, 3.05) is 50.8 Å². The molecule has 0 radical (unpaired) electrons. The number of hydrogen-bond acceptors (Lipinski definition) is 4. The summed E-state index contributed by atoms with van der Waals surface area (Å²) in [5.74, 6) is 2.66. The maximum atomic E-state index is 2.69. The van der Waals surface area contributed by atoms with Crippen LogP contribution in [0.1, 0.15) is 33.1 Å². The van der Waals surface area contributed by atoms with Gasteiger partial charge in [-0.25, -0.2) is 0 Å². The van der Waals surface area contributed by atoms with Gasteiger partial charge in [0.1, 0.15) is 0 Å². The average Bonchev–Trinajstić information content (AvgIpc) is 2.71. The second-order valence-electron chi connectivity index (χ2n) is 5.98. The topological polar surface area (TPSA) is 6.48 Å². The molecule has 2 heterocycles. The van der Waals surface area contributed by atoms with Gasteiger partial charge in [-0.2, -0.15) is 23.5 Å². The lowest BCUT2D eigenvalue weighted by Crippen LogP contribution is -2.32. The molecule has 0 saturated carbocycles. The molecule has 0 spiro atoms. The van der Waals surface area contributed by atoms with Gasteiger partial charge in [-0.3, -0.25) is 0 Å². The maximum Gasteiger partial charge on any atom is 0.00725 e. The first-order valence-corrected chi connectivity index (χ1v) is 10.0. The minimum absolute atomic E-state index is 0.870.